The van der Waals surface area contributed by atoms with Gasteiger partial charge in [0, 0.05) is 12.8 Å². The van der Waals surface area contributed by atoms with Crippen molar-refractivity contribution in [1.82, 2.24) is 0 Å². The molecule has 70 valence electrons. The van der Waals surface area contributed by atoms with Crippen LogP contribution in [0.15, 0.2) is 24.3 Å². The summed E-state index contributed by atoms with van der Waals surface area (Å²) in [5.41, 5.74) is 0. The molecule has 0 aliphatic heterocycles. The highest BCUT2D eigenvalue weighted by Gasteiger charge is 1.83. The highest BCUT2D eigenvalue weighted by molar-refractivity contribution is 5.53. The summed E-state index contributed by atoms with van der Waals surface area (Å²) < 4.78 is 0. The van der Waals surface area contributed by atoms with E-state index in [0.717, 1.165) is 19.3 Å². The quantitative estimate of drug-likeness (QED) is 0.422. The summed E-state index contributed by atoms with van der Waals surface area (Å²) in [6, 6.07) is 0. The van der Waals surface area contributed by atoms with Gasteiger partial charge in [0.05, 0.1) is 0 Å². The highest BCUT2D eigenvalue weighted by atomic mass is 16.1. The molecule has 2 radical (unpaired) electrons. The van der Waals surface area contributed by atoms with E-state index in [1.165, 1.54) is 0 Å². The van der Waals surface area contributed by atoms with E-state index in [2.05, 4.69) is 0 Å². The van der Waals surface area contributed by atoms with Gasteiger partial charge in [0.1, 0.15) is 0 Å². The first-order valence-electron chi connectivity index (χ1n) is 4.43. The van der Waals surface area contributed by atoms with Crippen molar-refractivity contribution in [2.24, 2.45) is 0 Å². The van der Waals surface area contributed by atoms with Gasteiger partial charge >= 0.3 is 0 Å². The van der Waals surface area contributed by atoms with Gasteiger partial charge in [-0.2, -0.15) is 0 Å². The number of allylic oxidation sites excluding steroid dienone is 4. The fourth-order valence-corrected chi connectivity index (χ4v) is 0.829. The van der Waals surface area contributed by atoms with Crippen molar-refractivity contribution in [3.05, 3.63) is 24.3 Å². The lowest BCUT2D eigenvalue weighted by Crippen LogP contribution is -1.75. The van der Waals surface area contributed by atoms with Gasteiger partial charge in [0.25, 0.3) is 0 Å². The van der Waals surface area contributed by atoms with Crippen molar-refractivity contribution < 1.29 is 9.59 Å². The molecule has 0 amide bonds. The molecule has 0 heterocycles. The Labute approximate surface area is 79.3 Å². The van der Waals surface area contributed by atoms with Crippen molar-refractivity contribution in [3.63, 3.8) is 0 Å². The van der Waals surface area contributed by atoms with Crippen molar-refractivity contribution in [1.29, 1.82) is 0 Å². The maximum Gasteiger partial charge on any atom is 0.202 e. The second-order valence-corrected chi connectivity index (χ2v) is 2.59. The Balaban J connectivity index is 3.20. The molecule has 0 aliphatic rings. The molecular weight excluding hydrogens is 164 g/mol. The summed E-state index contributed by atoms with van der Waals surface area (Å²) in [4.78, 5) is 19.6. The Morgan fingerprint density at radius 2 is 1.69 bits per heavy atom. The van der Waals surface area contributed by atoms with Gasteiger partial charge in [0.15, 0.2) is 6.29 Å². The lowest BCUT2D eigenvalue weighted by Gasteiger charge is -1.88. The Morgan fingerprint density at radius 3 is 2.38 bits per heavy atom. The molecule has 0 unspecified atom stereocenters. The fourth-order valence-electron chi connectivity index (χ4n) is 0.829. The molecule has 0 atom stereocenters. The Morgan fingerprint density at radius 1 is 0.923 bits per heavy atom. The van der Waals surface area contributed by atoms with E-state index in [1.807, 2.05) is 24.5 Å². The second-order valence-electron chi connectivity index (χ2n) is 2.59. The lowest BCUT2D eigenvalue weighted by atomic mass is 10.2. The lowest BCUT2D eigenvalue weighted by molar-refractivity contribution is 0.547. The number of hydrogen-bond donors (Lipinski definition) is 0. The zero-order valence-corrected chi connectivity index (χ0v) is 7.66. The van der Waals surface area contributed by atoms with Crippen LogP contribution in [0.25, 0.3) is 0 Å². The van der Waals surface area contributed by atoms with Crippen molar-refractivity contribution >= 4 is 12.6 Å². The number of hydrogen-bond acceptors (Lipinski definition) is 2. The van der Waals surface area contributed by atoms with Crippen LogP contribution in [0.1, 0.15) is 32.1 Å². The predicted molar refractivity (Wildman–Crippen MR) is 52.8 cm³/mol. The predicted octanol–water partition coefficient (Wildman–Crippen LogP) is 2.27. The summed E-state index contributed by atoms with van der Waals surface area (Å²) in [6.07, 6.45) is 14.9. The molecular formula is C11H14O2. The summed E-state index contributed by atoms with van der Waals surface area (Å²) in [5, 5.41) is 0. The second kappa shape index (κ2) is 10.8. The summed E-state index contributed by atoms with van der Waals surface area (Å²) >= 11 is 0. The van der Waals surface area contributed by atoms with Crippen molar-refractivity contribution in [2.75, 3.05) is 0 Å². The molecule has 0 fully saturated rings. The summed E-state index contributed by atoms with van der Waals surface area (Å²) in [6.45, 7) is 0. The molecule has 0 rings (SSSR count). The third-order valence-corrected chi connectivity index (χ3v) is 1.48. The van der Waals surface area contributed by atoms with Crippen LogP contribution >= 0.6 is 0 Å². The topological polar surface area (TPSA) is 34.1 Å². The van der Waals surface area contributed by atoms with Gasteiger partial charge in [-0.1, -0.05) is 24.3 Å². The standard InChI is InChI=1S/C11H14O2/c12-10-8-6-4-2-1-3-5-7-9-11-13/h1-2,4,6H,3,5,7-9H2. The average molecular weight is 178 g/mol. The Hall–Kier alpha value is -1.18. The zero-order valence-electron chi connectivity index (χ0n) is 7.66. The molecule has 2 nitrogen and oxygen atoms in total. The normalized spacial score (nSPS) is 11.1. The number of carbonyl (C=O) groups excluding carboxylic acids is 2. The van der Waals surface area contributed by atoms with E-state index in [-0.39, 0.29) is 0 Å². The Kier molecular flexibility index (Phi) is 9.84. The SMILES string of the molecule is O=[C]CC=CC=CCCCC[C]=O. The van der Waals surface area contributed by atoms with Crippen molar-refractivity contribution in [2.45, 2.75) is 32.1 Å². The van der Waals surface area contributed by atoms with Gasteiger partial charge in [-0.15, -0.1) is 0 Å². The van der Waals surface area contributed by atoms with Crippen LogP contribution in [-0.2, 0) is 9.59 Å². The maximum atomic E-state index is 9.82. The first-order chi connectivity index (χ1) is 6.41. The molecule has 2 heteroatoms. The minimum absolute atomic E-state index is 0.352. The van der Waals surface area contributed by atoms with E-state index in [0.29, 0.717) is 12.8 Å². The van der Waals surface area contributed by atoms with E-state index >= 15 is 0 Å². The monoisotopic (exact) mass is 178 g/mol. The molecule has 0 N–H and O–H groups in total. The first-order valence-corrected chi connectivity index (χ1v) is 4.43. The van der Waals surface area contributed by atoms with Crippen LogP contribution in [0.3, 0.4) is 0 Å². The van der Waals surface area contributed by atoms with Crippen LogP contribution in [0.5, 0.6) is 0 Å². The van der Waals surface area contributed by atoms with Crippen LogP contribution in [-0.4, -0.2) is 12.6 Å². The van der Waals surface area contributed by atoms with E-state index in [9.17, 15) is 9.59 Å². The van der Waals surface area contributed by atoms with Crippen molar-refractivity contribution in [3.8, 4) is 0 Å². The minimum atomic E-state index is 0.352. The van der Waals surface area contributed by atoms with Crippen LogP contribution in [0.2, 0.25) is 0 Å². The maximum absolute atomic E-state index is 9.82. The zero-order chi connectivity index (χ0) is 9.78. The minimum Gasteiger partial charge on any atom is -0.291 e. The summed E-state index contributed by atoms with van der Waals surface area (Å²) in [7, 11) is 0. The molecule has 0 aliphatic carbocycles. The molecule has 0 saturated heterocycles. The third-order valence-electron chi connectivity index (χ3n) is 1.48. The highest BCUT2D eigenvalue weighted by Crippen LogP contribution is 1.98. The first kappa shape index (κ1) is 11.8. The van der Waals surface area contributed by atoms with Gasteiger partial charge < -0.3 is 0 Å². The largest absolute Gasteiger partial charge is 0.291 e. The molecule has 0 aromatic carbocycles. The van der Waals surface area contributed by atoms with Crippen LogP contribution in [0.4, 0.5) is 0 Å². The van der Waals surface area contributed by atoms with Crippen LogP contribution < -0.4 is 0 Å². The Bertz CT molecular complexity index is 181. The molecule has 0 aromatic heterocycles. The van der Waals surface area contributed by atoms with E-state index < -0.39 is 0 Å². The average Bonchev–Trinajstić information content (AvgIpc) is 2.16. The van der Waals surface area contributed by atoms with Gasteiger partial charge in [-0.3, -0.25) is 9.59 Å². The van der Waals surface area contributed by atoms with E-state index in [4.69, 9.17) is 0 Å². The smallest absolute Gasteiger partial charge is 0.202 e. The molecule has 0 saturated carbocycles. The number of rotatable bonds is 8. The fraction of sp³-hybridized carbons (Fsp3) is 0.455. The molecule has 13 heavy (non-hydrogen) atoms. The summed E-state index contributed by atoms with van der Waals surface area (Å²) in [5.74, 6) is 0. The number of unbranched alkanes of at least 4 members (excludes halogenated alkanes) is 3. The third kappa shape index (κ3) is 10.8. The van der Waals surface area contributed by atoms with Gasteiger partial charge in [-0.05, 0) is 19.3 Å². The molecule has 0 bridgehead atoms. The van der Waals surface area contributed by atoms with E-state index in [1.54, 1.807) is 12.4 Å². The molecule has 0 spiro atoms. The van der Waals surface area contributed by atoms with Crippen LogP contribution in [0, 0.1) is 0 Å². The molecule has 0 aromatic rings. The van der Waals surface area contributed by atoms with Gasteiger partial charge in [0.2, 0.25) is 6.29 Å². The van der Waals surface area contributed by atoms with Gasteiger partial charge in [-0.25, -0.2) is 0 Å².